The Kier molecular flexibility index (Phi) is 2.18. The van der Waals surface area contributed by atoms with E-state index in [1.54, 1.807) is 4.98 Å². The molecule has 0 unspecified atom stereocenters. The van der Waals surface area contributed by atoms with Crippen molar-refractivity contribution in [2.24, 2.45) is 0 Å². The zero-order chi connectivity index (χ0) is 9.14. The number of alkyl halides is 1. The highest BCUT2D eigenvalue weighted by Crippen LogP contribution is 1.87. The summed E-state index contributed by atoms with van der Waals surface area (Å²) < 4.78 is 11.8. The summed E-state index contributed by atoms with van der Waals surface area (Å²) in [5, 5.41) is 0. The minimum absolute atomic E-state index is 0.378. The van der Waals surface area contributed by atoms with Gasteiger partial charge in [0.05, 0.1) is 0 Å². The first-order chi connectivity index (χ1) is 5.65. The standard InChI is InChI=1S/C6H5FN2O3/c7-1-4(10)3-2-8-6(12)9-5(3)11/h2H,1H2,(H2,8,9,11,12). The van der Waals surface area contributed by atoms with Crippen LogP contribution in [0.4, 0.5) is 4.39 Å². The molecule has 1 heterocycles. The van der Waals surface area contributed by atoms with E-state index in [2.05, 4.69) is 4.98 Å². The van der Waals surface area contributed by atoms with Gasteiger partial charge < -0.3 is 4.98 Å². The van der Waals surface area contributed by atoms with Gasteiger partial charge in [0.2, 0.25) is 5.78 Å². The van der Waals surface area contributed by atoms with Gasteiger partial charge >= 0.3 is 5.69 Å². The number of hydrogen-bond acceptors (Lipinski definition) is 3. The molecule has 6 heteroatoms. The molecule has 1 aromatic rings. The van der Waals surface area contributed by atoms with E-state index in [-0.39, 0.29) is 5.56 Å². The average molecular weight is 172 g/mol. The largest absolute Gasteiger partial charge is 0.325 e. The molecule has 0 aliphatic rings. The molecule has 0 amide bonds. The van der Waals surface area contributed by atoms with Gasteiger partial charge in [0, 0.05) is 6.20 Å². The van der Waals surface area contributed by atoms with Gasteiger partial charge in [-0.05, 0) is 0 Å². The molecule has 0 aliphatic heterocycles. The number of halogens is 1. The van der Waals surface area contributed by atoms with Crippen molar-refractivity contribution in [3.63, 3.8) is 0 Å². The van der Waals surface area contributed by atoms with Crippen LogP contribution in [0.2, 0.25) is 0 Å². The second kappa shape index (κ2) is 3.12. The smallest absolute Gasteiger partial charge is 0.313 e. The first-order valence-corrected chi connectivity index (χ1v) is 3.06. The van der Waals surface area contributed by atoms with Crippen molar-refractivity contribution in [2.45, 2.75) is 0 Å². The van der Waals surface area contributed by atoms with Crippen LogP contribution in [0.5, 0.6) is 0 Å². The molecule has 1 aromatic heterocycles. The third-order valence-corrected chi connectivity index (χ3v) is 1.24. The second-order valence-corrected chi connectivity index (χ2v) is 2.04. The zero-order valence-corrected chi connectivity index (χ0v) is 5.89. The summed E-state index contributed by atoms with van der Waals surface area (Å²) in [6.45, 7) is -1.25. The molecule has 0 saturated carbocycles. The Morgan fingerprint density at radius 2 is 2.17 bits per heavy atom. The predicted octanol–water partition coefficient (Wildman–Crippen LogP) is -0.785. The molecule has 0 spiro atoms. The van der Waals surface area contributed by atoms with E-state index in [0.717, 1.165) is 6.20 Å². The molecule has 0 bridgehead atoms. The van der Waals surface area contributed by atoms with E-state index in [9.17, 15) is 18.8 Å². The lowest BCUT2D eigenvalue weighted by Gasteiger charge is -1.91. The maximum absolute atomic E-state index is 11.8. The number of carbonyl (C=O) groups excluding carboxylic acids is 1. The number of ketones is 1. The van der Waals surface area contributed by atoms with Crippen LogP contribution < -0.4 is 11.2 Å². The molecule has 0 aromatic carbocycles. The summed E-state index contributed by atoms with van der Waals surface area (Å²) in [5.41, 5.74) is -1.98. The van der Waals surface area contributed by atoms with Crippen LogP contribution in [-0.2, 0) is 0 Å². The maximum Gasteiger partial charge on any atom is 0.325 e. The van der Waals surface area contributed by atoms with Crippen molar-refractivity contribution in [1.29, 1.82) is 0 Å². The van der Waals surface area contributed by atoms with Crippen molar-refractivity contribution in [3.05, 3.63) is 32.6 Å². The highest BCUT2D eigenvalue weighted by molar-refractivity contribution is 5.96. The van der Waals surface area contributed by atoms with Crippen LogP contribution in [0.1, 0.15) is 10.4 Å². The number of rotatable bonds is 2. The van der Waals surface area contributed by atoms with Gasteiger partial charge in [0.15, 0.2) is 6.67 Å². The number of hydrogen-bond donors (Lipinski definition) is 2. The third-order valence-electron chi connectivity index (χ3n) is 1.24. The van der Waals surface area contributed by atoms with Crippen LogP contribution in [0.15, 0.2) is 15.8 Å². The first-order valence-electron chi connectivity index (χ1n) is 3.06. The molecular formula is C6H5FN2O3. The lowest BCUT2D eigenvalue weighted by Crippen LogP contribution is -2.27. The number of aromatic nitrogens is 2. The fourth-order valence-corrected chi connectivity index (χ4v) is 0.689. The molecule has 0 fully saturated rings. The molecular weight excluding hydrogens is 167 g/mol. The van der Waals surface area contributed by atoms with Gasteiger partial charge in [-0.1, -0.05) is 0 Å². The summed E-state index contributed by atoms with van der Waals surface area (Å²) in [6.07, 6.45) is 0.892. The van der Waals surface area contributed by atoms with Gasteiger partial charge in [0.25, 0.3) is 5.56 Å². The topological polar surface area (TPSA) is 82.8 Å². The van der Waals surface area contributed by atoms with Crippen LogP contribution in [0, 0.1) is 0 Å². The SMILES string of the molecule is O=C(CF)c1c[nH]c(=O)[nH]c1=O. The molecule has 2 N–H and O–H groups in total. The Morgan fingerprint density at radius 1 is 1.50 bits per heavy atom. The summed E-state index contributed by atoms with van der Waals surface area (Å²) >= 11 is 0. The van der Waals surface area contributed by atoms with E-state index in [1.807, 2.05) is 0 Å². The Bertz CT molecular complexity index is 406. The quantitative estimate of drug-likeness (QED) is 0.574. The van der Waals surface area contributed by atoms with Crippen LogP contribution in [0.25, 0.3) is 0 Å². The number of Topliss-reactive ketones (excluding diaryl/α,β-unsaturated/α-hetero) is 1. The van der Waals surface area contributed by atoms with Gasteiger partial charge in [-0.15, -0.1) is 0 Å². The first kappa shape index (κ1) is 8.38. The Balaban J connectivity index is 3.28. The Hall–Kier alpha value is -1.72. The van der Waals surface area contributed by atoms with Gasteiger partial charge in [-0.2, -0.15) is 0 Å². The maximum atomic E-state index is 11.8. The van der Waals surface area contributed by atoms with Crippen molar-refractivity contribution < 1.29 is 9.18 Å². The van der Waals surface area contributed by atoms with E-state index < -0.39 is 23.7 Å². The van der Waals surface area contributed by atoms with E-state index in [1.165, 1.54) is 0 Å². The van der Waals surface area contributed by atoms with Crippen LogP contribution in [-0.4, -0.2) is 22.4 Å². The van der Waals surface area contributed by atoms with Gasteiger partial charge in [0.1, 0.15) is 5.56 Å². The molecule has 1 rings (SSSR count). The molecule has 64 valence electrons. The Morgan fingerprint density at radius 3 is 2.67 bits per heavy atom. The minimum Gasteiger partial charge on any atom is -0.313 e. The lowest BCUT2D eigenvalue weighted by atomic mass is 10.2. The highest BCUT2D eigenvalue weighted by atomic mass is 19.1. The van der Waals surface area contributed by atoms with Gasteiger partial charge in [-0.25, -0.2) is 9.18 Å². The summed E-state index contributed by atoms with van der Waals surface area (Å²) in [7, 11) is 0. The van der Waals surface area contributed by atoms with E-state index in [0.29, 0.717) is 0 Å². The number of carbonyl (C=O) groups is 1. The highest BCUT2D eigenvalue weighted by Gasteiger charge is 2.09. The average Bonchev–Trinajstić information content (AvgIpc) is 2.03. The van der Waals surface area contributed by atoms with Crippen molar-refractivity contribution in [3.8, 4) is 0 Å². The Labute approximate surface area is 65.3 Å². The monoisotopic (exact) mass is 172 g/mol. The predicted molar refractivity (Wildman–Crippen MR) is 38.0 cm³/mol. The minimum atomic E-state index is -1.25. The number of nitrogens with one attached hydrogen (secondary N) is 2. The summed E-state index contributed by atoms with van der Waals surface area (Å²) in [5.74, 6) is -0.951. The van der Waals surface area contributed by atoms with Crippen molar-refractivity contribution in [2.75, 3.05) is 6.67 Å². The third kappa shape index (κ3) is 1.47. The lowest BCUT2D eigenvalue weighted by molar-refractivity contribution is 0.0956. The summed E-state index contributed by atoms with van der Waals surface area (Å²) in [4.78, 5) is 35.7. The normalized spacial score (nSPS) is 9.75. The fourth-order valence-electron chi connectivity index (χ4n) is 0.689. The molecule has 0 saturated heterocycles. The molecule has 12 heavy (non-hydrogen) atoms. The summed E-state index contributed by atoms with van der Waals surface area (Å²) in [6, 6.07) is 0. The van der Waals surface area contributed by atoms with Crippen LogP contribution >= 0.6 is 0 Å². The molecule has 0 radical (unpaired) electrons. The fraction of sp³-hybridized carbons (Fsp3) is 0.167. The molecule has 5 nitrogen and oxygen atoms in total. The number of H-pyrrole nitrogens is 2. The number of aromatic amines is 2. The van der Waals surface area contributed by atoms with Crippen molar-refractivity contribution in [1.82, 2.24) is 9.97 Å². The van der Waals surface area contributed by atoms with Gasteiger partial charge in [-0.3, -0.25) is 14.6 Å². The zero-order valence-electron chi connectivity index (χ0n) is 5.89. The molecule has 0 aliphatic carbocycles. The van der Waals surface area contributed by atoms with E-state index in [4.69, 9.17) is 0 Å². The second-order valence-electron chi connectivity index (χ2n) is 2.04. The van der Waals surface area contributed by atoms with Crippen molar-refractivity contribution >= 4 is 5.78 Å². The van der Waals surface area contributed by atoms with E-state index >= 15 is 0 Å². The van der Waals surface area contributed by atoms with Crippen LogP contribution in [0.3, 0.4) is 0 Å². The molecule has 0 atom stereocenters.